The molecular formula is C16H15FN2. The maximum atomic E-state index is 13.8. The monoisotopic (exact) mass is 254 g/mol. The SMILES string of the molecule is C=C1NC(c2cccc(C)c2)Nc2cccc(F)c21. The highest BCUT2D eigenvalue weighted by Crippen LogP contribution is 2.33. The Labute approximate surface area is 112 Å². The molecule has 1 unspecified atom stereocenters. The molecule has 0 amide bonds. The summed E-state index contributed by atoms with van der Waals surface area (Å²) in [5, 5.41) is 6.51. The summed E-state index contributed by atoms with van der Waals surface area (Å²) in [5.41, 5.74) is 4.20. The summed E-state index contributed by atoms with van der Waals surface area (Å²) in [6.45, 7) is 5.97. The minimum absolute atomic E-state index is 0.0818. The molecule has 3 rings (SSSR count). The fourth-order valence-electron chi connectivity index (χ4n) is 2.41. The molecule has 2 N–H and O–H groups in total. The largest absolute Gasteiger partial charge is 0.361 e. The van der Waals surface area contributed by atoms with Crippen molar-refractivity contribution in [2.24, 2.45) is 0 Å². The minimum atomic E-state index is -0.259. The molecule has 0 aromatic heterocycles. The Bertz CT molecular complexity index is 649. The van der Waals surface area contributed by atoms with E-state index in [1.54, 1.807) is 6.07 Å². The van der Waals surface area contributed by atoms with Gasteiger partial charge in [0.2, 0.25) is 0 Å². The normalized spacial score (nSPS) is 17.4. The van der Waals surface area contributed by atoms with Gasteiger partial charge >= 0.3 is 0 Å². The third-order valence-electron chi connectivity index (χ3n) is 3.31. The third-order valence-corrected chi connectivity index (χ3v) is 3.31. The van der Waals surface area contributed by atoms with Gasteiger partial charge in [-0.25, -0.2) is 4.39 Å². The molecule has 1 atom stereocenters. The lowest BCUT2D eigenvalue weighted by atomic mass is 10.0. The summed E-state index contributed by atoms with van der Waals surface area (Å²) in [5.74, 6) is -0.259. The lowest BCUT2D eigenvalue weighted by Crippen LogP contribution is -2.31. The molecule has 1 heterocycles. The van der Waals surface area contributed by atoms with Crippen LogP contribution in [-0.2, 0) is 0 Å². The van der Waals surface area contributed by atoms with Crippen LogP contribution in [0.3, 0.4) is 0 Å². The number of benzene rings is 2. The standard InChI is InChI=1S/C16H15FN2/c1-10-5-3-6-12(9-10)16-18-11(2)15-13(17)7-4-8-14(15)19-16/h3-9,16,18-19H,2H2,1H3. The van der Waals surface area contributed by atoms with Crippen molar-refractivity contribution in [2.75, 3.05) is 5.32 Å². The van der Waals surface area contributed by atoms with E-state index < -0.39 is 0 Å². The molecule has 0 aliphatic carbocycles. The Morgan fingerprint density at radius 3 is 2.68 bits per heavy atom. The maximum absolute atomic E-state index is 13.8. The van der Waals surface area contributed by atoms with Gasteiger partial charge in [-0.3, -0.25) is 0 Å². The van der Waals surface area contributed by atoms with Crippen LogP contribution in [0, 0.1) is 12.7 Å². The fraction of sp³-hybridized carbons (Fsp3) is 0.125. The van der Waals surface area contributed by atoms with Crippen LogP contribution in [-0.4, -0.2) is 0 Å². The van der Waals surface area contributed by atoms with Crippen LogP contribution in [0.25, 0.3) is 5.70 Å². The summed E-state index contributed by atoms with van der Waals surface area (Å²) in [6, 6.07) is 13.2. The molecule has 3 heteroatoms. The Hall–Kier alpha value is -2.29. The topological polar surface area (TPSA) is 24.1 Å². The third kappa shape index (κ3) is 2.08. The number of halogens is 1. The van der Waals surface area contributed by atoms with Crippen molar-refractivity contribution in [1.82, 2.24) is 5.32 Å². The van der Waals surface area contributed by atoms with Gasteiger partial charge in [-0.1, -0.05) is 42.5 Å². The number of rotatable bonds is 1. The second-order valence-corrected chi connectivity index (χ2v) is 4.78. The van der Waals surface area contributed by atoms with E-state index in [1.807, 2.05) is 18.2 Å². The first-order chi connectivity index (χ1) is 9.15. The van der Waals surface area contributed by atoms with Crippen LogP contribution in [0.1, 0.15) is 22.9 Å². The first-order valence-electron chi connectivity index (χ1n) is 6.22. The summed E-state index contributed by atoms with van der Waals surface area (Å²) >= 11 is 0. The molecule has 2 aromatic carbocycles. The van der Waals surface area contributed by atoms with Crippen molar-refractivity contribution in [3.8, 4) is 0 Å². The van der Waals surface area contributed by atoms with Gasteiger partial charge in [-0.15, -0.1) is 0 Å². The van der Waals surface area contributed by atoms with Gasteiger partial charge in [0.15, 0.2) is 0 Å². The average Bonchev–Trinajstić information content (AvgIpc) is 2.38. The van der Waals surface area contributed by atoms with E-state index in [4.69, 9.17) is 0 Å². The Morgan fingerprint density at radius 1 is 1.11 bits per heavy atom. The average molecular weight is 254 g/mol. The van der Waals surface area contributed by atoms with Crippen LogP contribution in [0.15, 0.2) is 49.0 Å². The van der Waals surface area contributed by atoms with Crippen LogP contribution < -0.4 is 10.6 Å². The lowest BCUT2D eigenvalue weighted by Gasteiger charge is -2.31. The minimum Gasteiger partial charge on any atom is -0.361 e. The van der Waals surface area contributed by atoms with Gasteiger partial charge in [-0.2, -0.15) is 0 Å². The number of aryl methyl sites for hydroxylation is 1. The molecule has 0 bridgehead atoms. The molecule has 0 fully saturated rings. The highest BCUT2D eigenvalue weighted by Gasteiger charge is 2.23. The van der Waals surface area contributed by atoms with Crippen LogP contribution in [0.5, 0.6) is 0 Å². The van der Waals surface area contributed by atoms with E-state index in [2.05, 4.69) is 36.3 Å². The number of fused-ring (bicyclic) bond motifs is 1. The van der Waals surface area contributed by atoms with Crippen molar-refractivity contribution >= 4 is 11.4 Å². The fourth-order valence-corrected chi connectivity index (χ4v) is 2.41. The first kappa shape index (κ1) is 11.8. The van der Waals surface area contributed by atoms with Crippen molar-refractivity contribution in [2.45, 2.75) is 13.1 Å². The van der Waals surface area contributed by atoms with E-state index in [1.165, 1.54) is 11.6 Å². The molecule has 1 aliphatic heterocycles. The molecule has 0 saturated carbocycles. The molecule has 0 saturated heterocycles. The van der Waals surface area contributed by atoms with E-state index in [-0.39, 0.29) is 12.0 Å². The van der Waals surface area contributed by atoms with Gasteiger partial charge in [0, 0.05) is 11.4 Å². The summed E-state index contributed by atoms with van der Waals surface area (Å²) < 4.78 is 13.8. The van der Waals surface area contributed by atoms with Crippen LogP contribution in [0.2, 0.25) is 0 Å². The molecule has 96 valence electrons. The van der Waals surface area contributed by atoms with Gasteiger partial charge in [-0.05, 0) is 24.6 Å². The second-order valence-electron chi connectivity index (χ2n) is 4.78. The molecule has 2 aromatic rings. The van der Waals surface area contributed by atoms with Gasteiger partial charge in [0.05, 0.1) is 5.56 Å². The summed E-state index contributed by atoms with van der Waals surface area (Å²) in [6.07, 6.45) is -0.0818. The van der Waals surface area contributed by atoms with Gasteiger partial charge in [0.1, 0.15) is 12.0 Å². The highest BCUT2D eigenvalue weighted by atomic mass is 19.1. The van der Waals surface area contributed by atoms with Gasteiger partial charge in [0.25, 0.3) is 0 Å². The molecule has 1 aliphatic rings. The second kappa shape index (κ2) is 4.43. The van der Waals surface area contributed by atoms with E-state index in [0.717, 1.165) is 11.3 Å². The predicted octanol–water partition coefficient (Wildman–Crippen LogP) is 3.82. The molecular weight excluding hydrogens is 239 g/mol. The quantitative estimate of drug-likeness (QED) is 0.808. The Morgan fingerprint density at radius 2 is 1.89 bits per heavy atom. The number of nitrogens with one attached hydrogen (secondary N) is 2. The van der Waals surface area contributed by atoms with Crippen LogP contribution in [0.4, 0.5) is 10.1 Å². The van der Waals surface area contributed by atoms with E-state index in [0.29, 0.717) is 11.3 Å². The first-order valence-corrected chi connectivity index (χ1v) is 6.22. The van der Waals surface area contributed by atoms with Crippen molar-refractivity contribution in [3.05, 3.63) is 71.6 Å². The van der Waals surface area contributed by atoms with Crippen molar-refractivity contribution < 1.29 is 4.39 Å². The zero-order valence-electron chi connectivity index (χ0n) is 10.7. The predicted molar refractivity (Wildman–Crippen MR) is 76.1 cm³/mol. The Balaban J connectivity index is 2.00. The maximum Gasteiger partial charge on any atom is 0.134 e. The van der Waals surface area contributed by atoms with E-state index >= 15 is 0 Å². The smallest absolute Gasteiger partial charge is 0.134 e. The Kier molecular flexibility index (Phi) is 2.75. The highest BCUT2D eigenvalue weighted by molar-refractivity contribution is 5.77. The zero-order chi connectivity index (χ0) is 13.4. The molecule has 2 nitrogen and oxygen atoms in total. The molecule has 0 spiro atoms. The van der Waals surface area contributed by atoms with E-state index in [9.17, 15) is 4.39 Å². The van der Waals surface area contributed by atoms with Crippen molar-refractivity contribution in [1.29, 1.82) is 0 Å². The number of anilines is 1. The zero-order valence-corrected chi connectivity index (χ0v) is 10.7. The lowest BCUT2D eigenvalue weighted by molar-refractivity contribution is 0.612. The summed E-state index contributed by atoms with van der Waals surface area (Å²) in [4.78, 5) is 0. The molecule has 0 radical (unpaired) electrons. The number of hydrogen-bond donors (Lipinski definition) is 2. The number of hydrogen-bond acceptors (Lipinski definition) is 2. The van der Waals surface area contributed by atoms with Crippen LogP contribution >= 0.6 is 0 Å². The van der Waals surface area contributed by atoms with Crippen molar-refractivity contribution in [3.63, 3.8) is 0 Å². The molecule has 19 heavy (non-hydrogen) atoms. The summed E-state index contributed by atoms with van der Waals surface area (Å²) in [7, 11) is 0. The van der Waals surface area contributed by atoms with Gasteiger partial charge < -0.3 is 10.6 Å².